The van der Waals surface area contributed by atoms with Gasteiger partial charge in [0.25, 0.3) is 0 Å². The van der Waals surface area contributed by atoms with Gasteiger partial charge in [0, 0.05) is 25.4 Å². The van der Waals surface area contributed by atoms with Gasteiger partial charge in [0.05, 0.1) is 28.2 Å². The molecule has 0 unspecified atom stereocenters. The van der Waals surface area contributed by atoms with E-state index in [1.807, 2.05) is 19.1 Å². The minimum atomic E-state index is -4.47. The van der Waals surface area contributed by atoms with E-state index in [9.17, 15) is 13.2 Å². The summed E-state index contributed by atoms with van der Waals surface area (Å²) in [5.74, 6) is 0.326. The number of alkyl halides is 3. The highest BCUT2D eigenvalue weighted by atomic mass is 35.5. The molecular weight excluding hydrogens is 417 g/mol. The molecule has 3 aromatic heterocycles. The van der Waals surface area contributed by atoms with Gasteiger partial charge in [-0.1, -0.05) is 17.7 Å². The summed E-state index contributed by atoms with van der Waals surface area (Å²) >= 11 is 6.20. The van der Waals surface area contributed by atoms with Crippen LogP contribution in [0.15, 0.2) is 48.9 Å². The zero-order chi connectivity index (χ0) is 21.3. The lowest BCUT2D eigenvalue weighted by Crippen LogP contribution is -2.20. The van der Waals surface area contributed by atoms with Crippen molar-refractivity contribution in [2.75, 3.05) is 11.4 Å². The van der Waals surface area contributed by atoms with Crippen molar-refractivity contribution in [3.8, 4) is 0 Å². The summed E-state index contributed by atoms with van der Waals surface area (Å²) in [6.07, 6.45) is 1.03. The predicted octanol–water partition coefficient (Wildman–Crippen LogP) is 5.17. The number of aromatic nitrogens is 5. The number of fused-ring (bicyclic) bond motifs is 1. The van der Waals surface area contributed by atoms with Crippen LogP contribution >= 0.6 is 11.6 Å². The first kappa shape index (κ1) is 20.1. The van der Waals surface area contributed by atoms with Crippen LogP contribution in [-0.4, -0.2) is 31.7 Å². The van der Waals surface area contributed by atoms with E-state index in [-0.39, 0.29) is 5.02 Å². The molecule has 1 aromatic carbocycles. The van der Waals surface area contributed by atoms with Crippen molar-refractivity contribution in [1.29, 1.82) is 0 Å². The second-order valence-electron chi connectivity index (χ2n) is 6.55. The number of halogens is 4. The van der Waals surface area contributed by atoms with Gasteiger partial charge < -0.3 is 4.90 Å². The topological polar surface area (TPSA) is 70.6 Å². The average Bonchev–Trinajstić information content (AvgIpc) is 3.19. The highest BCUT2D eigenvalue weighted by molar-refractivity contribution is 6.33. The van der Waals surface area contributed by atoms with Gasteiger partial charge in [-0.15, -0.1) is 0 Å². The summed E-state index contributed by atoms with van der Waals surface area (Å²) in [6, 6.07) is 7.00. The van der Waals surface area contributed by atoms with Crippen molar-refractivity contribution in [2.24, 2.45) is 0 Å². The molecule has 0 aliphatic carbocycles. The van der Waals surface area contributed by atoms with Gasteiger partial charge in [-0.3, -0.25) is 10.1 Å². The molecule has 0 bridgehead atoms. The van der Waals surface area contributed by atoms with Gasteiger partial charge in [-0.2, -0.15) is 18.3 Å². The quantitative estimate of drug-likeness (QED) is 0.471. The Kier molecular flexibility index (Phi) is 5.29. The third-order valence-corrected chi connectivity index (χ3v) is 4.88. The normalized spacial score (nSPS) is 11.8. The second kappa shape index (κ2) is 7.91. The summed E-state index contributed by atoms with van der Waals surface area (Å²) in [5, 5.41) is 6.92. The number of H-pyrrole nitrogens is 1. The minimum Gasteiger partial charge on any atom is -0.309 e. The zero-order valence-electron chi connectivity index (χ0n) is 15.8. The van der Waals surface area contributed by atoms with Gasteiger partial charge in [-0.25, -0.2) is 9.97 Å². The van der Waals surface area contributed by atoms with Gasteiger partial charge in [0.1, 0.15) is 11.0 Å². The van der Waals surface area contributed by atoms with Crippen molar-refractivity contribution in [2.45, 2.75) is 19.5 Å². The molecule has 0 fully saturated rings. The molecule has 0 spiro atoms. The molecule has 0 saturated carbocycles. The molecular formula is C20H16ClF3N6. The number of nitrogens with zero attached hydrogens (tertiary/aromatic N) is 5. The maximum atomic E-state index is 13.0. The number of rotatable bonds is 5. The zero-order valence-corrected chi connectivity index (χ0v) is 16.5. The van der Waals surface area contributed by atoms with Crippen molar-refractivity contribution in [1.82, 2.24) is 25.1 Å². The fourth-order valence-electron chi connectivity index (χ4n) is 3.15. The lowest BCUT2D eigenvalue weighted by molar-refractivity contribution is -0.137. The van der Waals surface area contributed by atoms with E-state index >= 15 is 0 Å². The largest absolute Gasteiger partial charge is 0.416 e. The summed E-state index contributed by atoms with van der Waals surface area (Å²) < 4.78 is 39.0. The van der Waals surface area contributed by atoms with E-state index in [4.69, 9.17) is 11.6 Å². The molecule has 0 saturated heterocycles. The summed E-state index contributed by atoms with van der Waals surface area (Å²) in [6.45, 7) is 2.25. The molecule has 4 aromatic rings. The smallest absolute Gasteiger partial charge is 0.309 e. The van der Waals surface area contributed by atoms with Crippen LogP contribution in [0.5, 0.6) is 0 Å². The standard InChI is InChI=1S/C20H16ClF3N6/c1-2-30(17-6-5-13(9-14(17)21)20(22,23)24)19-27-15(8-12-4-3-7-25-10-12)18-16(28-19)11-26-29-18/h3-7,9-11H,2,8H2,1H3,(H,26,29). The van der Waals surface area contributed by atoms with E-state index in [0.29, 0.717) is 41.3 Å². The SMILES string of the molecule is CCN(c1nc(Cc2cccnc2)c2[nH]ncc2n1)c1ccc(C(F)(F)F)cc1Cl. The molecule has 3 heterocycles. The average molecular weight is 433 g/mol. The predicted molar refractivity (Wildman–Crippen MR) is 108 cm³/mol. The van der Waals surface area contributed by atoms with E-state index in [2.05, 4.69) is 25.1 Å². The number of aromatic amines is 1. The molecule has 4 rings (SSSR count). The first-order chi connectivity index (χ1) is 14.4. The lowest BCUT2D eigenvalue weighted by atomic mass is 10.1. The Bertz CT molecular complexity index is 1180. The number of nitrogens with one attached hydrogen (secondary N) is 1. The molecule has 1 N–H and O–H groups in total. The van der Waals surface area contributed by atoms with Crippen LogP contribution < -0.4 is 4.90 Å². The fourth-order valence-corrected chi connectivity index (χ4v) is 3.44. The summed E-state index contributed by atoms with van der Waals surface area (Å²) in [7, 11) is 0. The Balaban J connectivity index is 1.78. The maximum Gasteiger partial charge on any atom is 0.416 e. The Morgan fingerprint density at radius 1 is 1.13 bits per heavy atom. The van der Waals surface area contributed by atoms with Crippen molar-refractivity contribution >= 4 is 34.3 Å². The van der Waals surface area contributed by atoms with Gasteiger partial charge in [0.2, 0.25) is 5.95 Å². The molecule has 10 heteroatoms. The van der Waals surface area contributed by atoms with Crippen LogP contribution in [0.4, 0.5) is 24.8 Å². The van der Waals surface area contributed by atoms with E-state index in [1.54, 1.807) is 23.5 Å². The summed E-state index contributed by atoms with van der Waals surface area (Å²) in [5.41, 5.74) is 2.52. The van der Waals surface area contributed by atoms with Gasteiger partial charge in [0.15, 0.2) is 0 Å². The van der Waals surface area contributed by atoms with Gasteiger partial charge >= 0.3 is 6.18 Å². The van der Waals surface area contributed by atoms with Gasteiger partial charge in [-0.05, 0) is 36.8 Å². The Hall–Kier alpha value is -3.20. The number of pyridine rings is 1. The minimum absolute atomic E-state index is 0.0311. The first-order valence-electron chi connectivity index (χ1n) is 9.10. The van der Waals surface area contributed by atoms with Crippen molar-refractivity contribution in [3.05, 3.63) is 70.8 Å². The van der Waals surface area contributed by atoms with Crippen LogP contribution in [0.2, 0.25) is 5.02 Å². The number of anilines is 2. The summed E-state index contributed by atoms with van der Waals surface area (Å²) in [4.78, 5) is 15.0. The third-order valence-electron chi connectivity index (χ3n) is 4.58. The van der Waals surface area contributed by atoms with E-state index in [0.717, 1.165) is 17.7 Å². The van der Waals surface area contributed by atoms with Crippen molar-refractivity contribution in [3.63, 3.8) is 0 Å². The molecule has 0 radical (unpaired) electrons. The Morgan fingerprint density at radius 3 is 2.63 bits per heavy atom. The second-order valence-corrected chi connectivity index (χ2v) is 6.95. The van der Waals surface area contributed by atoms with E-state index in [1.165, 1.54) is 6.07 Å². The van der Waals surface area contributed by atoms with Crippen LogP contribution in [-0.2, 0) is 12.6 Å². The van der Waals surface area contributed by atoms with Crippen molar-refractivity contribution < 1.29 is 13.2 Å². The van der Waals surface area contributed by atoms with Crippen LogP contribution in [0.25, 0.3) is 11.0 Å². The molecule has 0 aliphatic heterocycles. The van der Waals surface area contributed by atoms with Crippen LogP contribution in [0.1, 0.15) is 23.7 Å². The molecule has 0 atom stereocenters. The Morgan fingerprint density at radius 2 is 1.97 bits per heavy atom. The lowest BCUT2D eigenvalue weighted by Gasteiger charge is -2.23. The molecule has 6 nitrogen and oxygen atoms in total. The first-order valence-corrected chi connectivity index (χ1v) is 9.47. The third kappa shape index (κ3) is 3.93. The van der Waals surface area contributed by atoms with Crippen LogP contribution in [0.3, 0.4) is 0 Å². The molecule has 30 heavy (non-hydrogen) atoms. The molecule has 0 amide bonds. The highest BCUT2D eigenvalue weighted by Crippen LogP contribution is 2.37. The number of hydrogen-bond donors (Lipinski definition) is 1. The monoisotopic (exact) mass is 432 g/mol. The van der Waals surface area contributed by atoms with Crippen LogP contribution in [0, 0.1) is 0 Å². The molecule has 0 aliphatic rings. The molecule has 154 valence electrons. The fraction of sp³-hybridized carbons (Fsp3) is 0.200. The Labute approximate surface area is 174 Å². The number of benzene rings is 1. The maximum absolute atomic E-state index is 13.0. The van der Waals surface area contributed by atoms with E-state index < -0.39 is 11.7 Å². The number of hydrogen-bond acceptors (Lipinski definition) is 5. The highest BCUT2D eigenvalue weighted by Gasteiger charge is 2.31.